The summed E-state index contributed by atoms with van der Waals surface area (Å²) >= 11 is 0. The number of morpholine rings is 1. The molecule has 1 aliphatic heterocycles. The number of aromatic nitrogens is 1. The van der Waals surface area contributed by atoms with Crippen LogP contribution in [0.5, 0.6) is 0 Å². The molecule has 1 aromatic heterocycles. The first-order valence-corrected chi connectivity index (χ1v) is 8.94. The zero-order chi connectivity index (χ0) is 16.2. The van der Waals surface area contributed by atoms with Gasteiger partial charge in [0, 0.05) is 31.4 Å². The molecule has 0 bridgehead atoms. The number of nitrogens with one attached hydrogen (secondary N) is 1. The molecule has 0 amide bonds. The van der Waals surface area contributed by atoms with Crippen molar-refractivity contribution in [2.75, 3.05) is 37.7 Å². The lowest BCUT2D eigenvalue weighted by atomic mass is 10.1. The molecular weight excluding hydrogens is 298 g/mol. The molecule has 1 saturated carbocycles. The largest absolute Gasteiger partial charge is 0.378 e. The van der Waals surface area contributed by atoms with Crippen LogP contribution >= 0.6 is 0 Å². The standard InChI is InChI=1S/C20H25N3O/c1-2-5-16(6-3-1)19-13-18(19)15-21-14-17-7-4-8-22-20(17)23-9-11-24-12-10-23/h1-8,18-19,21H,9-15H2/t18-,19-/m0/s1. The molecule has 2 aromatic rings. The second-order valence-corrected chi connectivity index (χ2v) is 6.73. The Kier molecular flexibility index (Phi) is 4.76. The Labute approximate surface area is 143 Å². The Morgan fingerprint density at radius 2 is 1.92 bits per heavy atom. The summed E-state index contributed by atoms with van der Waals surface area (Å²) in [6, 6.07) is 15.1. The third-order valence-corrected chi connectivity index (χ3v) is 5.05. The maximum Gasteiger partial charge on any atom is 0.133 e. The van der Waals surface area contributed by atoms with Crippen LogP contribution in [0.4, 0.5) is 5.82 Å². The maximum atomic E-state index is 5.45. The van der Waals surface area contributed by atoms with Crippen LogP contribution in [-0.2, 0) is 11.3 Å². The molecule has 4 heteroatoms. The Morgan fingerprint density at radius 3 is 2.75 bits per heavy atom. The minimum absolute atomic E-state index is 0.742. The molecule has 1 aliphatic carbocycles. The number of hydrogen-bond donors (Lipinski definition) is 1. The fourth-order valence-corrected chi connectivity index (χ4v) is 3.60. The van der Waals surface area contributed by atoms with E-state index in [1.807, 2.05) is 12.3 Å². The van der Waals surface area contributed by atoms with E-state index in [1.165, 1.54) is 17.5 Å². The highest BCUT2D eigenvalue weighted by Crippen LogP contribution is 2.46. The second-order valence-electron chi connectivity index (χ2n) is 6.73. The van der Waals surface area contributed by atoms with Gasteiger partial charge in [-0.1, -0.05) is 36.4 Å². The van der Waals surface area contributed by atoms with E-state index in [-0.39, 0.29) is 0 Å². The van der Waals surface area contributed by atoms with Crippen LogP contribution in [0.2, 0.25) is 0 Å². The van der Waals surface area contributed by atoms with Crippen LogP contribution < -0.4 is 10.2 Å². The molecule has 2 heterocycles. The van der Waals surface area contributed by atoms with E-state index >= 15 is 0 Å². The average molecular weight is 323 g/mol. The number of benzene rings is 1. The molecule has 1 aromatic carbocycles. The van der Waals surface area contributed by atoms with Gasteiger partial charge in [0.25, 0.3) is 0 Å². The minimum atomic E-state index is 0.742. The maximum absolute atomic E-state index is 5.45. The quantitative estimate of drug-likeness (QED) is 0.887. The molecule has 4 rings (SSSR count). The first-order chi connectivity index (χ1) is 11.9. The van der Waals surface area contributed by atoms with Crippen LogP contribution in [0, 0.1) is 5.92 Å². The molecule has 0 spiro atoms. The van der Waals surface area contributed by atoms with Gasteiger partial charge in [0.2, 0.25) is 0 Å². The van der Waals surface area contributed by atoms with Gasteiger partial charge in [-0.25, -0.2) is 4.98 Å². The summed E-state index contributed by atoms with van der Waals surface area (Å²) < 4.78 is 5.45. The van der Waals surface area contributed by atoms with Gasteiger partial charge >= 0.3 is 0 Å². The lowest BCUT2D eigenvalue weighted by Gasteiger charge is -2.29. The summed E-state index contributed by atoms with van der Waals surface area (Å²) in [5.41, 5.74) is 2.77. The number of anilines is 1. The van der Waals surface area contributed by atoms with Gasteiger partial charge in [-0.15, -0.1) is 0 Å². The van der Waals surface area contributed by atoms with Crippen LogP contribution in [0.3, 0.4) is 0 Å². The van der Waals surface area contributed by atoms with Crippen LogP contribution in [0.1, 0.15) is 23.5 Å². The predicted octanol–water partition coefficient (Wildman–Crippen LogP) is 2.81. The summed E-state index contributed by atoms with van der Waals surface area (Å²) in [5, 5.41) is 3.64. The van der Waals surface area contributed by atoms with Crippen LogP contribution in [-0.4, -0.2) is 37.8 Å². The van der Waals surface area contributed by atoms with Gasteiger partial charge in [-0.2, -0.15) is 0 Å². The number of nitrogens with zero attached hydrogens (tertiary/aromatic N) is 2. The van der Waals surface area contributed by atoms with Gasteiger partial charge in [-0.05, 0) is 36.4 Å². The zero-order valence-corrected chi connectivity index (χ0v) is 14.0. The topological polar surface area (TPSA) is 37.4 Å². The third-order valence-electron chi connectivity index (χ3n) is 5.05. The Bertz CT molecular complexity index is 655. The van der Waals surface area contributed by atoms with E-state index in [4.69, 9.17) is 4.74 Å². The first-order valence-electron chi connectivity index (χ1n) is 8.94. The molecule has 2 fully saturated rings. The summed E-state index contributed by atoms with van der Waals surface area (Å²) in [7, 11) is 0. The van der Waals surface area contributed by atoms with Crippen molar-refractivity contribution in [3.63, 3.8) is 0 Å². The summed E-state index contributed by atoms with van der Waals surface area (Å²) in [4.78, 5) is 6.95. The average Bonchev–Trinajstić information content (AvgIpc) is 3.43. The van der Waals surface area contributed by atoms with Gasteiger partial charge in [0.1, 0.15) is 5.82 Å². The van der Waals surface area contributed by atoms with Crippen molar-refractivity contribution in [1.82, 2.24) is 10.3 Å². The van der Waals surface area contributed by atoms with Crippen molar-refractivity contribution >= 4 is 5.82 Å². The Morgan fingerprint density at radius 1 is 1.08 bits per heavy atom. The van der Waals surface area contributed by atoms with Crippen molar-refractivity contribution in [2.24, 2.45) is 5.92 Å². The molecule has 0 radical (unpaired) electrons. The van der Waals surface area contributed by atoms with Crippen molar-refractivity contribution in [3.05, 3.63) is 59.8 Å². The number of pyridine rings is 1. The molecule has 4 nitrogen and oxygen atoms in total. The van der Waals surface area contributed by atoms with Crippen LogP contribution in [0.25, 0.3) is 0 Å². The highest BCUT2D eigenvalue weighted by Gasteiger charge is 2.37. The SMILES string of the molecule is c1ccc([C@@H]2C[C@H]2CNCc2cccnc2N2CCOCC2)cc1. The van der Waals surface area contributed by atoms with Gasteiger partial charge < -0.3 is 15.0 Å². The molecule has 1 N–H and O–H groups in total. The first kappa shape index (κ1) is 15.6. The van der Waals surface area contributed by atoms with E-state index in [9.17, 15) is 0 Å². The monoisotopic (exact) mass is 323 g/mol. The molecule has 0 unspecified atom stereocenters. The molecule has 24 heavy (non-hydrogen) atoms. The van der Waals surface area contributed by atoms with Gasteiger partial charge in [-0.3, -0.25) is 0 Å². The van der Waals surface area contributed by atoms with Gasteiger partial charge in [0.15, 0.2) is 0 Å². The van der Waals surface area contributed by atoms with E-state index in [0.29, 0.717) is 0 Å². The molecule has 2 atom stereocenters. The molecular formula is C20H25N3O. The van der Waals surface area contributed by atoms with E-state index in [2.05, 4.69) is 51.6 Å². The van der Waals surface area contributed by atoms with Gasteiger partial charge in [0.05, 0.1) is 13.2 Å². The van der Waals surface area contributed by atoms with E-state index < -0.39 is 0 Å². The highest BCUT2D eigenvalue weighted by molar-refractivity contribution is 5.47. The number of ether oxygens (including phenoxy) is 1. The lowest BCUT2D eigenvalue weighted by molar-refractivity contribution is 0.122. The molecule has 126 valence electrons. The molecule has 2 aliphatic rings. The highest BCUT2D eigenvalue weighted by atomic mass is 16.5. The zero-order valence-electron chi connectivity index (χ0n) is 14.0. The van der Waals surface area contributed by atoms with Crippen LogP contribution in [0.15, 0.2) is 48.7 Å². The Balaban J connectivity index is 1.31. The minimum Gasteiger partial charge on any atom is -0.378 e. The number of hydrogen-bond acceptors (Lipinski definition) is 4. The Hall–Kier alpha value is -1.91. The molecule has 1 saturated heterocycles. The predicted molar refractivity (Wildman–Crippen MR) is 96.3 cm³/mol. The van der Waals surface area contributed by atoms with E-state index in [0.717, 1.165) is 57.0 Å². The third kappa shape index (κ3) is 3.60. The normalized spacial score (nSPS) is 23.2. The second kappa shape index (κ2) is 7.32. The van der Waals surface area contributed by atoms with Crippen molar-refractivity contribution in [3.8, 4) is 0 Å². The summed E-state index contributed by atoms with van der Waals surface area (Å²) in [6.07, 6.45) is 3.20. The van der Waals surface area contributed by atoms with Crippen molar-refractivity contribution in [1.29, 1.82) is 0 Å². The number of rotatable bonds is 6. The fourth-order valence-electron chi connectivity index (χ4n) is 3.60. The van der Waals surface area contributed by atoms with E-state index in [1.54, 1.807) is 0 Å². The van der Waals surface area contributed by atoms with Crippen molar-refractivity contribution in [2.45, 2.75) is 18.9 Å². The fraction of sp³-hybridized carbons (Fsp3) is 0.450. The summed E-state index contributed by atoms with van der Waals surface area (Å²) in [6.45, 7) is 5.43. The summed E-state index contributed by atoms with van der Waals surface area (Å²) in [5.74, 6) is 2.63. The van der Waals surface area contributed by atoms with Crippen molar-refractivity contribution < 1.29 is 4.74 Å². The smallest absolute Gasteiger partial charge is 0.133 e. The lowest BCUT2D eigenvalue weighted by Crippen LogP contribution is -2.37.